The number of amides is 1. The number of hydrogen-bond acceptors (Lipinski definition) is 5. The maximum atomic E-state index is 12.2. The van der Waals surface area contributed by atoms with Gasteiger partial charge in [-0.3, -0.25) is 0 Å². The minimum atomic E-state index is -0.446. The largest absolute Gasteiger partial charge is 0.477 e. The summed E-state index contributed by atoms with van der Waals surface area (Å²) < 4.78 is 16.9. The van der Waals surface area contributed by atoms with E-state index in [4.69, 9.17) is 9.47 Å². The lowest BCUT2D eigenvalue weighted by atomic mass is 9.95. The van der Waals surface area contributed by atoms with Crippen LogP contribution in [0, 0.1) is 5.92 Å². The van der Waals surface area contributed by atoms with Crippen molar-refractivity contribution in [1.29, 1.82) is 0 Å². The second kappa shape index (κ2) is 7.60. The Morgan fingerprint density at radius 3 is 2.96 bits per heavy atom. The van der Waals surface area contributed by atoms with Gasteiger partial charge in [-0.25, -0.2) is 4.79 Å². The van der Waals surface area contributed by atoms with Crippen LogP contribution in [0.1, 0.15) is 40.0 Å². The quantitative estimate of drug-likeness (QED) is 0.790. The first kappa shape index (κ1) is 18.0. The van der Waals surface area contributed by atoms with Gasteiger partial charge in [0.2, 0.25) is 5.88 Å². The second-order valence-corrected chi connectivity index (χ2v) is 8.36. The molecular formula is C19H26N2O3S. The number of benzene rings is 1. The molecule has 0 aliphatic carbocycles. The van der Waals surface area contributed by atoms with E-state index in [0.29, 0.717) is 12.5 Å². The Bertz CT molecular complexity index is 723. The third kappa shape index (κ3) is 4.84. The number of hydrogen-bond donors (Lipinski definition) is 0. The van der Waals surface area contributed by atoms with Crippen LogP contribution in [0.2, 0.25) is 0 Å². The Balaban J connectivity index is 1.49. The Morgan fingerprint density at radius 1 is 1.36 bits per heavy atom. The smallest absolute Gasteiger partial charge is 0.410 e. The third-order valence-electron chi connectivity index (χ3n) is 4.28. The molecule has 0 saturated carbocycles. The van der Waals surface area contributed by atoms with Gasteiger partial charge in [0.1, 0.15) is 5.60 Å². The number of carbonyl (C=O) groups excluding carboxylic acids is 1. The lowest BCUT2D eigenvalue weighted by Crippen LogP contribution is -2.43. The molecule has 0 N–H and O–H groups in total. The normalized spacial score (nSPS) is 18.4. The minimum Gasteiger partial charge on any atom is -0.477 e. The predicted octanol–water partition coefficient (Wildman–Crippen LogP) is 4.71. The second-order valence-electron chi connectivity index (χ2n) is 7.56. The van der Waals surface area contributed by atoms with Gasteiger partial charge in [0.15, 0.2) is 0 Å². The highest BCUT2D eigenvalue weighted by Crippen LogP contribution is 2.29. The lowest BCUT2D eigenvalue weighted by Gasteiger charge is -2.34. The van der Waals surface area contributed by atoms with Gasteiger partial charge in [-0.05, 0) is 69.6 Å². The summed E-state index contributed by atoms with van der Waals surface area (Å²) in [5, 5.41) is 1.08. The minimum absolute atomic E-state index is 0.205. The van der Waals surface area contributed by atoms with Crippen LogP contribution >= 0.6 is 11.5 Å². The number of nitrogens with zero attached hydrogens (tertiary/aromatic N) is 2. The van der Waals surface area contributed by atoms with E-state index in [2.05, 4.69) is 10.4 Å². The molecule has 3 rings (SSSR count). The van der Waals surface area contributed by atoms with Crippen molar-refractivity contribution in [3.8, 4) is 5.88 Å². The Kier molecular flexibility index (Phi) is 5.47. The summed E-state index contributed by atoms with van der Waals surface area (Å²) in [5.41, 5.74) is -0.446. The molecule has 5 nitrogen and oxygen atoms in total. The predicted molar refractivity (Wildman–Crippen MR) is 100 cm³/mol. The molecule has 0 bridgehead atoms. The van der Waals surface area contributed by atoms with Gasteiger partial charge >= 0.3 is 6.09 Å². The average molecular weight is 362 g/mol. The highest BCUT2D eigenvalue weighted by molar-refractivity contribution is 7.13. The van der Waals surface area contributed by atoms with Gasteiger partial charge in [-0.1, -0.05) is 12.1 Å². The van der Waals surface area contributed by atoms with Gasteiger partial charge < -0.3 is 14.4 Å². The molecule has 25 heavy (non-hydrogen) atoms. The van der Waals surface area contributed by atoms with Crippen molar-refractivity contribution in [2.24, 2.45) is 5.92 Å². The maximum Gasteiger partial charge on any atom is 0.410 e. The van der Waals surface area contributed by atoms with Gasteiger partial charge in [-0.2, -0.15) is 4.37 Å². The molecule has 1 atom stereocenters. The average Bonchev–Trinajstić information content (AvgIpc) is 2.97. The van der Waals surface area contributed by atoms with Crippen LogP contribution in [0.15, 0.2) is 24.3 Å². The molecule has 1 saturated heterocycles. The molecule has 0 unspecified atom stereocenters. The lowest BCUT2D eigenvalue weighted by molar-refractivity contribution is 0.0154. The van der Waals surface area contributed by atoms with E-state index in [-0.39, 0.29) is 6.09 Å². The number of carbonyl (C=O) groups is 1. The molecule has 1 aliphatic heterocycles. The van der Waals surface area contributed by atoms with Crippen LogP contribution in [0.5, 0.6) is 5.88 Å². The number of aromatic nitrogens is 1. The molecule has 6 heteroatoms. The Labute approximate surface area is 153 Å². The highest BCUT2D eigenvalue weighted by Gasteiger charge is 2.27. The van der Waals surface area contributed by atoms with Gasteiger partial charge in [-0.15, -0.1) is 0 Å². The molecule has 1 aliphatic rings. The van der Waals surface area contributed by atoms with Crippen molar-refractivity contribution < 1.29 is 14.3 Å². The van der Waals surface area contributed by atoms with Crippen LogP contribution in [0.25, 0.3) is 10.1 Å². The molecule has 136 valence electrons. The summed E-state index contributed by atoms with van der Waals surface area (Å²) in [4.78, 5) is 14.1. The molecule has 2 heterocycles. The van der Waals surface area contributed by atoms with Crippen molar-refractivity contribution in [2.45, 2.75) is 45.6 Å². The molecule has 0 radical (unpaired) electrons. The van der Waals surface area contributed by atoms with Crippen molar-refractivity contribution in [2.75, 3.05) is 19.7 Å². The van der Waals surface area contributed by atoms with Gasteiger partial charge in [0.05, 0.1) is 16.7 Å². The standard InChI is InChI=1S/C19H26N2O3S/c1-19(2,3)24-18(22)21-11-6-7-14(13-21)10-12-23-17-15-8-4-5-9-16(15)25-20-17/h4-5,8-9,14H,6-7,10-13H2,1-3H3/t14-/m1/s1. The van der Waals surface area contributed by atoms with E-state index in [0.717, 1.165) is 48.3 Å². The monoisotopic (exact) mass is 362 g/mol. The molecule has 1 fully saturated rings. The summed E-state index contributed by atoms with van der Waals surface area (Å²) in [6.07, 6.45) is 2.86. The summed E-state index contributed by atoms with van der Waals surface area (Å²) in [5.74, 6) is 1.17. The zero-order chi connectivity index (χ0) is 17.9. The molecular weight excluding hydrogens is 336 g/mol. The fourth-order valence-corrected chi connectivity index (χ4v) is 3.81. The summed E-state index contributed by atoms with van der Waals surface area (Å²) in [7, 11) is 0. The number of rotatable bonds is 4. The van der Waals surface area contributed by atoms with Crippen molar-refractivity contribution >= 4 is 27.7 Å². The van der Waals surface area contributed by atoms with Crippen molar-refractivity contribution in [1.82, 2.24) is 9.27 Å². The molecule has 1 aromatic carbocycles. The van der Waals surface area contributed by atoms with Crippen molar-refractivity contribution in [3.05, 3.63) is 24.3 Å². The fourth-order valence-electron chi connectivity index (χ4n) is 3.08. The van der Waals surface area contributed by atoms with Gasteiger partial charge in [0, 0.05) is 13.1 Å². The van der Waals surface area contributed by atoms with E-state index in [1.54, 1.807) is 0 Å². The topological polar surface area (TPSA) is 51.7 Å². The molecule has 1 amide bonds. The van der Waals surface area contributed by atoms with Crippen LogP contribution in [-0.2, 0) is 4.74 Å². The van der Waals surface area contributed by atoms with E-state index in [1.807, 2.05) is 43.9 Å². The zero-order valence-electron chi connectivity index (χ0n) is 15.2. The van der Waals surface area contributed by atoms with E-state index in [9.17, 15) is 4.79 Å². The number of piperidine rings is 1. The zero-order valence-corrected chi connectivity index (χ0v) is 16.0. The maximum absolute atomic E-state index is 12.2. The molecule has 0 spiro atoms. The Hall–Kier alpha value is -1.82. The highest BCUT2D eigenvalue weighted by atomic mass is 32.1. The van der Waals surface area contributed by atoms with E-state index >= 15 is 0 Å². The fraction of sp³-hybridized carbons (Fsp3) is 0.579. The van der Waals surface area contributed by atoms with Crippen LogP contribution < -0.4 is 4.74 Å². The van der Waals surface area contributed by atoms with E-state index in [1.165, 1.54) is 11.5 Å². The molecule has 1 aromatic heterocycles. The summed E-state index contributed by atoms with van der Waals surface area (Å²) in [6.45, 7) is 7.86. The first-order valence-electron chi connectivity index (χ1n) is 8.87. The van der Waals surface area contributed by atoms with Crippen LogP contribution in [0.3, 0.4) is 0 Å². The first-order valence-corrected chi connectivity index (χ1v) is 9.65. The molecule has 2 aromatic rings. The summed E-state index contributed by atoms with van der Waals surface area (Å²) >= 11 is 1.47. The summed E-state index contributed by atoms with van der Waals surface area (Å²) in [6, 6.07) is 8.11. The third-order valence-corrected chi connectivity index (χ3v) is 5.09. The van der Waals surface area contributed by atoms with Crippen molar-refractivity contribution in [3.63, 3.8) is 0 Å². The van der Waals surface area contributed by atoms with Crippen LogP contribution in [-0.4, -0.2) is 40.7 Å². The Morgan fingerprint density at radius 2 is 2.16 bits per heavy atom. The first-order chi connectivity index (χ1) is 11.9. The SMILES string of the molecule is CC(C)(C)OC(=O)N1CCC[C@H](CCOc2nsc3ccccc23)C1. The number of likely N-dealkylation sites (tertiary alicyclic amines) is 1. The van der Waals surface area contributed by atoms with Gasteiger partial charge in [0.25, 0.3) is 0 Å². The number of ether oxygens (including phenoxy) is 2. The number of fused-ring (bicyclic) bond motifs is 1. The van der Waals surface area contributed by atoms with Crippen LogP contribution in [0.4, 0.5) is 4.79 Å². The van der Waals surface area contributed by atoms with E-state index < -0.39 is 5.60 Å².